The highest BCUT2D eigenvalue weighted by Crippen LogP contribution is 2.22. The van der Waals surface area contributed by atoms with E-state index in [0.29, 0.717) is 29.8 Å². The summed E-state index contributed by atoms with van der Waals surface area (Å²) in [7, 11) is 0. The van der Waals surface area contributed by atoms with Crippen LogP contribution in [0.2, 0.25) is 0 Å². The van der Waals surface area contributed by atoms with Crippen molar-refractivity contribution in [3.05, 3.63) is 59.7 Å². The van der Waals surface area contributed by atoms with Crippen molar-refractivity contribution in [1.29, 1.82) is 5.26 Å². The van der Waals surface area contributed by atoms with E-state index in [9.17, 15) is 0 Å². The fourth-order valence-corrected chi connectivity index (χ4v) is 3.04. The molecule has 0 aliphatic carbocycles. The minimum atomic E-state index is 0.408. The van der Waals surface area contributed by atoms with Gasteiger partial charge in [0.05, 0.1) is 19.1 Å². The predicted octanol–water partition coefficient (Wildman–Crippen LogP) is 3.20. The van der Waals surface area contributed by atoms with Crippen LogP contribution in [0.25, 0.3) is 11.4 Å². The highest BCUT2D eigenvalue weighted by Gasteiger charge is 2.11. The van der Waals surface area contributed by atoms with Gasteiger partial charge in [-0.25, -0.2) is 4.68 Å². The van der Waals surface area contributed by atoms with Gasteiger partial charge < -0.3 is 10.6 Å². The molecule has 0 amide bonds. The molecule has 0 unspecified atom stereocenters. The fourth-order valence-electron chi connectivity index (χ4n) is 2.36. The monoisotopic (exact) mass is 365 g/mol. The van der Waals surface area contributed by atoms with E-state index in [0.717, 1.165) is 16.9 Å². The normalized spacial score (nSPS) is 10.5. The summed E-state index contributed by atoms with van der Waals surface area (Å²) in [6.45, 7) is 2.56. The third-order valence-corrected chi connectivity index (χ3v) is 4.67. The smallest absolute Gasteiger partial charge is 0.210 e. The van der Waals surface area contributed by atoms with Crippen molar-refractivity contribution in [2.24, 2.45) is 0 Å². The van der Waals surface area contributed by atoms with Crippen LogP contribution in [0.5, 0.6) is 5.75 Å². The minimum Gasteiger partial charge on any atom is -0.493 e. The first kappa shape index (κ1) is 17.8. The van der Waals surface area contributed by atoms with Gasteiger partial charge in [-0.05, 0) is 24.6 Å². The molecular formula is C19H19N5OS. The Bertz CT molecular complexity index is 897. The molecule has 0 aliphatic heterocycles. The molecule has 0 atom stereocenters. The van der Waals surface area contributed by atoms with Crippen LogP contribution in [0.1, 0.15) is 11.1 Å². The summed E-state index contributed by atoms with van der Waals surface area (Å²) in [5.41, 5.74) is 3.10. The van der Waals surface area contributed by atoms with E-state index in [-0.39, 0.29) is 0 Å². The molecule has 7 heteroatoms. The zero-order chi connectivity index (χ0) is 18.4. The summed E-state index contributed by atoms with van der Waals surface area (Å²) in [6, 6.07) is 17.7. The third-order valence-electron chi connectivity index (χ3n) is 3.76. The maximum atomic E-state index is 8.67. The summed E-state index contributed by atoms with van der Waals surface area (Å²) >= 11 is 1.49. The number of aromatic nitrogens is 3. The second-order valence-electron chi connectivity index (χ2n) is 5.72. The first-order valence-electron chi connectivity index (χ1n) is 8.16. The molecule has 0 saturated carbocycles. The Morgan fingerprint density at radius 3 is 2.54 bits per heavy atom. The average Bonchev–Trinajstić information content (AvgIpc) is 3.02. The van der Waals surface area contributed by atoms with E-state index < -0.39 is 0 Å². The number of thioether (sulfide) groups is 1. The van der Waals surface area contributed by atoms with Crippen LogP contribution in [0.15, 0.2) is 53.7 Å². The molecule has 2 aromatic carbocycles. The van der Waals surface area contributed by atoms with Crippen LogP contribution in [0.3, 0.4) is 0 Å². The molecule has 6 nitrogen and oxygen atoms in total. The third kappa shape index (κ3) is 4.35. The Hall–Kier alpha value is -2.98. The van der Waals surface area contributed by atoms with Crippen molar-refractivity contribution in [1.82, 2.24) is 14.9 Å². The van der Waals surface area contributed by atoms with Gasteiger partial charge in [0.15, 0.2) is 5.82 Å². The Labute approximate surface area is 156 Å². The van der Waals surface area contributed by atoms with E-state index in [1.165, 1.54) is 22.0 Å². The minimum absolute atomic E-state index is 0.408. The lowest BCUT2D eigenvalue weighted by atomic mass is 10.1. The number of hydrogen-bond acceptors (Lipinski definition) is 6. The van der Waals surface area contributed by atoms with Crippen molar-refractivity contribution in [2.75, 3.05) is 18.2 Å². The van der Waals surface area contributed by atoms with Gasteiger partial charge in [0.2, 0.25) is 5.16 Å². The molecule has 132 valence electrons. The van der Waals surface area contributed by atoms with E-state index in [2.05, 4.69) is 16.3 Å². The molecule has 0 radical (unpaired) electrons. The maximum Gasteiger partial charge on any atom is 0.210 e. The van der Waals surface area contributed by atoms with Gasteiger partial charge >= 0.3 is 0 Å². The second kappa shape index (κ2) is 8.41. The number of nitrogens with zero attached hydrogens (tertiary/aromatic N) is 4. The van der Waals surface area contributed by atoms with Crippen LogP contribution >= 0.6 is 11.8 Å². The van der Waals surface area contributed by atoms with Crippen molar-refractivity contribution in [2.45, 2.75) is 18.5 Å². The molecule has 2 N–H and O–H groups in total. The van der Waals surface area contributed by atoms with Gasteiger partial charge in [-0.2, -0.15) is 5.26 Å². The molecule has 3 rings (SSSR count). The summed E-state index contributed by atoms with van der Waals surface area (Å²) in [6.07, 6.45) is 0.408. The van der Waals surface area contributed by atoms with Crippen molar-refractivity contribution < 1.29 is 4.74 Å². The second-order valence-corrected chi connectivity index (χ2v) is 6.78. The summed E-state index contributed by atoms with van der Waals surface area (Å²) < 4.78 is 7.21. The highest BCUT2D eigenvalue weighted by molar-refractivity contribution is 7.99. The number of aryl methyl sites for hydroxylation is 1. The molecule has 0 saturated heterocycles. The van der Waals surface area contributed by atoms with Gasteiger partial charge in [-0.1, -0.05) is 53.7 Å². The van der Waals surface area contributed by atoms with Crippen LogP contribution in [-0.4, -0.2) is 27.2 Å². The van der Waals surface area contributed by atoms with Gasteiger partial charge in [0.25, 0.3) is 0 Å². The van der Waals surface area contributed by atoms with E-state index in [1.807, 2.05) is 55.5 Å². The Kier molecular flexibility index (Phi) is 5.77. The standard InChI is InChI=1S/C19H19N5OS/c1-14-2-6-16(7-3-14)18-22-23-19(24(18)21)26-13-12-25-17-8-4-15(5-9-17)10-11-20/h2-9H,10,12-13,21H2,1H3. The largest absolute Gasteiger partial charge is 0.493 e. The number of hydrogen-bond donors (Lipinski definition) is 1. The Balaban J connectivity index is 1.52. The van der Waals surface area contributed by atoms with Gasteiger partial charge in [-0.3, -0.25) is 0 Å². The summed E-state index contributed by atoms with van der Waals surface area (Å²) in [5, 5.41) is 17.7. The molecule has 1 aromatic heterocycles. The molecular weight excluding hydrogens is 346 g/mol. The van der Waals surface area contributed by atoms with Crippen molar-refractivity contribution >= 4 is 11.8 Å². The molecule has 0 bridgehead atoms. The predicted molar refractivity (Wildman–Crippen MR) is 102 cm³/mol. The quantitative estimate of drug-likeness (QED) is 0.393. The lowest BCUT2D eigenvalue weighted by Gasteiger charge is -2.07. The number of nitrogens with two attached hydrogens (primary N) is 1. The van der Waals surface area contributed by atoms with E-state index in [4.69, 9.17) is 15.8 Å². The number of nitrogen functional groups attached to an aromatic ring is 1. The topological polar surface area (TPSA) is 89.8 Å². The molecule has 3 aromatic rings. The summed E-state index contributed by atoms with van der Waals surface area (Å²) in [5.74, 6) is 8.23. The number of ether oxygens (including phenoxy) is 1. The maximum absolute atomic E-state index is 8.67. The van der Waals surface area contributed by atoms with Crippen LogP contribution in [-0.2, 0) is 6.42 Å². The zero-order valence-electron chi connectivity index (χ0n) is 14.4. The van der Waals surface area contributed by atoms with Gasteiger partial charge in [0, 0.05) is 11.3 Å². The SMILES string of the molecule is Cc1ccc(-c2nnc(SCCOc3ccc(CC#N)cc3)n2N)cc1. The van der Waals surface area contributed by atoms with Gasteiger partial charge in [-0.15, -0.1) is 10.2 Å². The molecule has 0 fully saturated rings. The summed E-state index contributed by atoms with van der Waals surface area (Å²) in [4.78, 5) is 0. The lowest BCUT2D eigenvalue weighted by molar-refractivity contribution is 0.344. The average molecular weight is 365 g/mol. The first-order chi connectivity index (χ1) is 12.7. The van der Waals surface area contributed by atoms with Gasteiger partial charge in [0.1, 0.15) is 5.75 Å². The molecule has 0 aliphatic rings. The Morgan fingerprint density at radius 1 is 1.12 bits per heavy atom. The lowest BCUT2D eigenvalue weighted by Crippen LogP contribution is -2.12. The highest BCUT2D eigenvalue weighted by atomic mass is 32.2. The van der Waals surface area contributed by atoms with Crippen LogP contribution in [0.4, 0.5) is 0 Å². The van der Waals surface area contributed by atoms with Crippen LogP contribution < -0.4 is 10.6 Å². The number of nitriles is 1. The van der Waals surface area contributed by atoms with Crippen molar-refractivity contribution in [3.8, 4) is 23.2 Å². The van der Waals surface area contributed by atoms with E-state index >= 15 is 0 Å². The molecule has 0 spiro atoms. The van der Waals surface area contributed by atoms with Crippen LogP contribution in [0, 0.1) is 18.3 Å². The molecule has 26 heavy (non-hydrogen) atoms. The fraction of sp³-hybridized carbons (Fsp3) is 0.211. The van der Waals surface area contributed by atoms with Crippen molar-refractivity contribution in [3.63, 3.8) is 0 Å². The molecule has 1 heterocycles. The number of rotatable bonds is 7. The van der Waals surface area contributed by atoms with E-state index in [1.54, 1.807) is 0 Å². The first-order valence-corrected chi connectivity index (χ1v) is 9.15. The number of benzene rings is 2. The zero-order valence-corrected chi connectivity index (χ0v) is 15.2. The Morgan fingerprint density at radius 2 is 1.85 bits per heavy atom.